The van der Waals surface area contributed by atoms with Crippen LogP contribution in [-0.2, 0) is 0 Å². The van der Waals surface area contributed by atoms with E-state index in [1.807, 2.05) is 12.3 Å². The van der Waals surface area contributed by atoms with Gasteiger partial charge in [-0.05, 0) is 103 Å². The third kappa shape index (κ3) is 5.70. The molecule has 192 valence electrons. The second-order valence-corrected chi connectivity index (χ2v) is 11.1. The minimum Gasteiger partial charge on any atom is -0.504 e. The molecule has 1 aliphatic rings. The number of fused-ring (bicyclic) bond motifs is 1. The minimum atomic E-state index is 0.120. The minimum absolute atomic E-state index is 0.120. The van der Waals surface area contributed by atoms with Crippen LogP contribution in [0.25, 0.3) is 33.2 Å². The van der Waals surface area contributed by atoms with Crippen LogP contribution in [0.1, 0.15) is 36.8 Å². The van der Waals surface area contributed by atoms with Crippen LogP contribution in [0.3, 0.4) is 0 Å². The van der Waals surface area contributed by atoms with Crippen LogP contribution >= 0.6 is 22.6 Å². The Kier molecular flexibility index (Phi) is 7.86. The van der Waals surface area contributed by atoms with E-state index in [1.54, 1.807) is 19.2 Å². The molecule has 5 nitrogen and oxygen atoms in total. The van der Waals surface area contributed by atoms with E-state index >= 15 is 0 Å². The van der Waals surface area contributed by atoms with Crippen LogP contribution in [0.4, 0.5) is 0 Å². The fourth-order valence-corrected chi connectivity index (χ4v) is 6.00. The first kappa shape index (κ1) is 25.8. The number of piperidine rings is 1. The zero-order valence-corrected chi connectivity index (χ0v) is 23.8. The number of phenols is 1. The Labute approximate surface area is 232 Å². The van der Waals surface area contributed by atoms with Crippen molar-refractivity contribution in [3.63, 3.8) is 0 Å². The molecule has 2 heterocycles. The van der Waals surface area contributed by atoms with E-state index in [9.17, 15) is 5.11 Å². The molecule has 37 heavy (non-hydrogen) atoms. The van der Waals surface area contributed by atoms with Crippen molar-refractivity contribution in [1.29, 1.82) is 0 Å². The predicted molar refractivity (Wildman–Crippen MR) is 159 cm³/mol. The highest BCUT2D eigenvalue weighted by atomic mass is 127. The molecule has 0 amide bonds. The summed E-state index contributed by atoms with van der Waals surface area (Å²) in [5.74, 6) is 1.44. The maximum absolute atomic E-state index is 10.4. The smallest absolute Gasteiger partial charge is 0.160 e. The molecule has 2 N–H and O–H groups in total. The molecule has 3 aromatic carbocycles. The normalized spacial score (nSPS) is 15.6. The van der Waals surface area contributed by atoms with Crippen molar-refractivity contribution in [3.05, 3.63) is 69.4 Å². The molecule has 5 rings (SSSR count). The Morgan fingerprint density at radius 2 is 1.81 bits per heavy atom. The molecule has 1 saturated heterocycles. The number of nitrogens with one attached hydrogen (secondary N) is 1. The van der Waals surface area contributed by atoms with E-state index in [1.165, 1.54) is 30.4 Å². The van der Waals surface area contributed by atoms with E-state index in [0.717, 1.165) is 55.4 Å². The van der Waals surface area contributed by atoms with Gasteiger partial charge in [0.25, 0.3) is 0 Å². The third-order valence-corrected chi connectivity index (χ3v) is 7.95. The van der Waals surface area contributed by atoms with Gasteiger partial charge in [0.05, 0.1) is 19.2 Å². The topological polar surface area (TPSA) is 63.6 Å². The van der Waals surface area contributed by atoms with Crippen molar-refractivity contribution in [2.75, 3.05) is 20.3 Å². The maximum Gasteiger partial charge on any atom is 0.160 e. The fourth-order valence-electron chi connectivity index (χ4n) is 5.23. The van der Waals surface area contributed by atoms with Gasteiger partial charge in [0, 0.05) is 26.8 Å². The summed E-state index contributed by atoms with van der Waals surface area (Å²) in [7, 11) is 1.56. The van der Waals surface area contributed by atoms with Gasteiger partial charge in [-0.15, -0.1) is 0 Å². The number of pyridine rings is 1. The number of aromatic hydroxyl groups is 1. The molecule has 0 saturated carbocycles. The van der Waals surface area contributed by atoms with Gasteiger partial charge in [-0.25, -0.2) is 0 Å². The molecule has 4 aromatic rings. The van der Waals surface area contributed by atoms with E-state index in [4.69, 9.17) is 14.5 Å². The highest BCUT2D eigenvalue weighted by molar-refractivity contribution is 14.1. The monoisotopic (exact) mass is 608 g/mol. The Hall–Kier alpha value is -2.84. The first-order chi connectivity index (χ1) is 17.9. The van der Waals surface area contributed by atoms with Gasteiger partial charge in [0.15, 0.2) is 11.5 Å². The van der Waals surface area contributed by atoms with Crippen molar-refractivity contribution in [2.24, 2.45) is 0 Å². The van der Waals surface area contributed by atoms with E-state index in [0.29, 0.717) is 18.4 Å². The molecular formula is C31H33IN2O3. The summed E-state index contributed by atoms with van der Waals surface area (Å²) in [6, 6.07) is 16.8. The van der Waals surface area contributed by atoms with Crippen LogP contribution in [-0.4, -0.2) is 36.4 Å². The summed E-state index contributed by atoms with van der Waals surface area (Å²) in [5, 5.41) is 15.0. The Morgan fingerprint density at radius 3 is 2.51 bits per heavy atom. The highest BCUT2D eigenvalue weighted by Crippen LogP contribution is 2.41. The largest absolute Gasteiger partial charge is 0.504 e. The van der Waals surface area contributed by atoms with Crippen molar-refractivity contribution in [1.82, 2.24) is 10.3 Å². The van der Waals surface area contributed by atoms with Gasteiger partial charge in [-0.2, -0.15) is 0 Å². The number of nitrogens with zero attached hydrogens (tertiary/aromatic N) is 1. The molecular weight excluding hydrogens is 575 g/mol. The van der Waals surface area contributed by atoms with Crippen LogP contribution in [0.15, 0.2) is 54.7 Å². The lowest BCUT2D eigenvalue weighted by molar-refractivity contribution is 0.271. The number of benzene rings is 3. The molecule has 1 aromatic heterocycles. The number of aromatic nitrogens is 1. The van der Waals surface area contributed by atoms with E-state index in [-0.39, 0.29) is 5.75 Å². The van der Waals surface area contributed by atoms with Crippen LogP contribution in [0.5, 0.6) is 17.2 Å². The number of phenolic OH excluding ortho intramolecular Hbond substituents is 1. The second kappa shape index (κ2) is 11.3. The zero-order chi connectivity index (χ0) is 25.9. The van der Waals surface area contributed by atoms with Gasteiger partial charge < -0.3 is 19.9 Å². The lowest BCUT2D eigenvalue weighted by atomic mass is 9.97. The molecule has 1 unspecified atom stereocenters. The Morgan fingerprint density at radius 1 is 1.00 bits per heavy atom. The van der Waals surface area contributed by atoms with Gasteiger partial charge in [0.2, 0.25) is 0 Å². The average molecular weight is 609 g/mol. The number of halogens is 1. The predicted octanol–water partition coefficient (Wildman–Crippen LogP) is 7.42. The number of ether oxygens (including phenoxy) is 2. The summed E-state index contributed by atoms with van der Waals surface area (Å²) in [4.78, 5) is 4.85. The molecule has 0 aliphatic carbocycles. The Bertz CT molecular complexity index is 1410. The quantitative estimate of drug-likeness (QED) is 0.214. The lowest BCUT2D eigenvalue weighted by Gasteiger charge is -2.24. The van der Waals surface area contributed by atoms with E-state index in [2.05, 4.69) is 72.1 Å². The summed E-state index contributed by atoms with van der Waals surface area (Å²) in [6.07, 6.45) is 6.65. The molecule has 0 spiro atoms. The fraction of sp³-hybridized carbons (Fsp3) is 0.323. The SMILES string of the molecule is COc1ccc(-c2cc3c(OCCC4CCCCN4)c(-c4cc(C)cc(C)c4)cnc3cc2I)cc1O. The van der Waals surface area contributed by atoms with Gasteiger partial charge in [-0.3, -0.25) is 4.98 Å². The van der Waals surface area contributed by atoms with Crippen LogP contribution in [0, 0.1) is 17.4 Å². The molecule has 6 heteroatoms. The van der Waals surface area contributed by atoms with Crippen molar-refractivity contribution >= 4 is 33.5 Å². The Balaban J connectivity index is 1.61. The molecule has 0 bridgehead atoms. The molecule has 1 atom stereocenters. The highest BCUT2D eigenvalue weighted by Gasteiger charge is 2.18. The van der Waals surface area contributed by atoms with Gasteiger partial charge in [-0.1, -0.05) is 41.8 Å². The number of hydrogen-bond acceptors (Lipinski definition) is 5. The van der Waals surface area contributed by atoms with E-state index < -0.39 is 0 Å². The number of methoxy groups -OCH3 is 1. The maximum atomic E-state index is 10.4. The third-order valence-electron chi connectivity index (χ3n) is 7.05. The molecule has 0 radical (unpaired) electrons. The lowest BCUT2D eigenvalue weighted by Crippen LogP contribution is -2.35. The number of rotatable bonds is 7. The summed E-state index contributed by atoms with van der Waals surface area (Å²) in [6.45, 7) is 5.97. The number of hydrogen-bond donors (Lipinski definition) is 2. The summed E-state index contributed by atoms with van der Waals surface area (Å²) in [5.41, 5.74) is 7.36. The standard InChI is InChI=1S/C31H33IN2O3/c1-19-12-20(2)14-22(13-19)26-18-34-28-17-27(32)24(21-7-8-30(36-3)29(35)15-21)16-25(28)31(26)37-11-9-23-6-4-5-10-33-23/h7-8,12-18,23,33,35H,4-6,9-11H2,1-3H3. The van der Waals surface area contributed by atoms with Crippen molar-refractivity contribution in [3.8, 4) is 39.5 Å². The first-order valence-electron chi connectivity index (χ1n) is 12.9. The van der Waals surface area contributed by atoms with Crippen molar-refractivity contribution < 1.29 is 14.6 Å². The average Bonchev–Trinajstić information content (AvgIpc) is 2.88. The summed E-state index contributed by atoms with van der Waals surface area (Å²) < 4.78 is 12.9. The van der Waals surface area contributed by atoms with Crippen LogP contribution in [0.2, 0.25) is 0 Å². The molecule has 1 fully saturated rings. The van der Waals surface area contributed by atoms with Crippen molar-refractivity contribution in [2.45, 2.75) is 45.6 Å². The first-order valence-corrected chi connectivity index (χ1v) is 14.0. The second-order valence-electron chi connectivity index (χ2n) is 9.90. The van der Waals surface area contributed by atoms with Crippen LogP contribution < -0.4 is 14.8 Å². The zero-order valence-electron chi connectivity index (χ0n) is 21.6. The van der Waals surface area contributed by atoms with Gasteiger partial charge >= 0.3 is 0 Å². The number of aryl methyl sites for hydroxylation is 2. The van der Waals surface area contributed by atoms with Gasteiger partial charge in [0.1, 0.15) is 5.75 Å². The summed E-state index contributed by atoms with van der Waals surface area (Å²) >= 11 is 2.34. The molecule has 1 aliphatic heterocycles.